The Morgan fingerprint density at radius 3 is 2.60 bits per heavy atom. The number of nitrogens with one attached hydrogen (secondary N) is 1. The first-order chi connectivity index (χ1) is 14.7. The van der Waals surface area contributed by atoms with E-state index in [9.17, 15) is 4.79 Å². The third-order valence-corrected chi connectivity index (χ3v) is 6.03. The van der Waals surface area contributed by atoms with Gasteiger partial charge in [-0.3, -0.25) is 4.79 Å². The van der Waals surface area contributed by atoms with Crippen LogP contribution in [0.25, 0.3) is 16.9 Å². The number of carbonyl (C=O) groups is 1. The van der Waals surface area contributed by atoms with E-state index in [-0.39, 0.29) is 5.91 Å². The zero-order valence-corrected chi connectivity index (χ0v) is 17.4. The van der Waals surface area contributed by atoms with Crippen molar-refractivity contribution in [3.05, 3.63) is 78.0 Å². The van der Waals surface area contributed by atoms with Crippen molar-refractivity contribution in [1.82, 2.24) is 19.5 Å². The molecule has 1 aliphatic rings. The molecule has 5 rings (SSSR count). The summed E-state index contributed by atoms with van der Waals surface area (Å²) >= 11 is 1.79. The van der Waals surface area contributed by atoms with Gasteiger partial charge in [0.05, 0.1) is 17.3 Å². The number of hydrogen-bond donors (Lipinski definition) is 1. The molecule has 1 N–H and O–H groups in total. The highest BCUT2D eigenvalue weighted by molar-refractivity contribution is 7.99. The van der Waals surface area contributed by atoms with Crippen LogP contribution in [-0.4, -0.2) is 43.6 Å². The van der Waals surface area contributed by atoms with Gasteiger partial charge in [0.15, 0.2) is 5.65 Å². The highest BCUT2D eigenvalue weighted by Crippen LogP contribution is 2.25. The predicted molar refractivity (Wildman–Crippen MR) is 121 cm³/mol. The van der Waals surface area contributed by atoms with Gasteiger partial charge in [-0.2, -0.15) is 9.61 Å². The Hall–Kier alpha value is -3.32. The quantitative estimate of drug-likeness (QED) is 0.528. The van der Waals surface area contributed by atoms with Gasteiger partial charge in [0, 0.05) is 41.2 Å². The van der Waals surface area contributed by atoms with Crippen molar-refractivity contribution < 1.29 is 4.79 Å². The van der Waals surface area contributed by atoms with E-state index >= 15 is 0 Å². The number of nitrogens with zero attached hydrogens (tertiary/aromatic N) is 4. The molecule has 0 bridgehead atoms. The molecule has 0 radical (unpaired) electrons. The molecule has 3 heterocycles. The van der Waals surface area contributed by atoms with E-state index in [1.165, 1.54) is 0 Å². The number of hydrogen-bond acceptors (Lipinski definition) is 5. The molecular weight excluding hydrogens is 394 g/mol. The molecular formula is C23H21N5OS. The second kappa shape index (κ2) is 7.84. The number of aromatic nitrogens is 3. The summed E-state index contributed by atoms with van der Waals surface area (Å²) in [7, 11) is 0. The number of rotatable bonds is 4. The van der Waals surface area contributed by atoms with Gasteiger partial charge >= 0.3 is 0 Å². The van der Waals surface area contributed by atoms with Crippen LogP contribution in [0.15, 0.2) is 66.7 Å². The van der Waals surface area contributed by atoms with E-state index in [2.05, 4.69) is 10.4 Å². The van der Waals surface area contributed by atoms with Crippen molar-refractivity contribution in [3.63, 3.8) is 0 Å². The van der Waals surface area contributed by atoms with E-state index in [4.69, 9.17) is 4.98 Å². The summed E-state index contributed by atoms with van der Waals surface area (Å²) < 4.78 is 1.81. The summed E-state index contributed by atoms with van der Waals surface area (Å²) in [5, 5.41) is 8.01. The lowest BCUT2D eigenvalue weighted by atomic mass is 10.1. The molecule has 7 heteroatoms. The number of carbonyl (C=O) groups excluding carboxylic acids is 1. The van der Waals surface area contributed by atoms with Crippen LogP contribution in [0.5, 0.6) is 0 Å². The fourth-order valence-corrected chi connectivity index (χ4v) is 4.48. The molecule has 150 valence electrons. The average molecular weight is 416 g/mol. The van der Waals surface area contributed by atoms with Crippen molar-refractivity contribution >= 4 is 34.8 Å². The normalized spacial score (nSPS) is 13.7. The lowest BCUT2D eigenvalue weighted by Crippen LogP contribution is -2.27. The Labute approximate surface area is 178 Å². The maximum absolute atomic E-state index is 12.6. The standard InChI is InChI=1S/C23H21N5OS/c1-16-13-21-25-20(17-5-3-2-4-6-17)14-22(28(21)26-16)24-19-9-7-18(8-10-19)23(29)27-11-12-30-15-27/h2-10,13-14,24H,11-12,15H2,1H3. The Morgan fingerprint density at radius 2 is 1.87 bits per heavy atom. The maximum Gasteiger partial charge on any atom is 0.254 e. The van der Waals surface area contributed by atoms with Gasteiger partial charge in [-0.05, 0) is 31.2 Å². The van der Waals surface area contributed by atoms with Gasteiger partial charge in [-0.1, -0.05) is 30.3 Å². The Balaban J connectivity index is 1.46. The highest BCUT2D eigenvalue weighted by Gasteiger charge is 2.19. The molecule has 2 aromatic carbocycles. The third-order valence-electron chi connectivity index (χ3n) is 5.06. The van der Waals surface area contributed by atoms with Crippen molar-refractivity contribution in [2.75, 3.05) is 23.5 Å². The lowest BCUT2D eigenvalue weighted by molar-refractivity contribution is 0.0803. The molecule has 4 aromatic rings. The number of fused-ring (bicyclic) bond motifs is 1. The van der Waals surface area contributed by atoms with Crippen LogP contribution in [0.3, 0.4) is 0 Å². The fraction of sp³-hybridized carbons (Fsp3) is 0.174. The summed E-state index contributed by atoms with van der Waals surface area (Å²) in [6.45, 7) is 2.77. The van der Waals surface area contributed by atoms with Crippen LogP contribution in [0.1, 0.15) is 16.1 Å². The molecule has 1 saturated heterocycles. The molecule has 2 aromatic heterocycles. The molecule has 30 heavy (non-hydrogen) atoms. The minimum Gasteiger partial charge on any atom is -0.340 e. The van der Waals surface area contributed by atoms with Gasteiger partial charge in [0.25, 0.3) is 5.91 Å². The fourth-order valence-electron chi connectivity index (χ4n) is 3.54. The molecule has 1 aliphatic heterocycles. The monoisotopic (exact) mass is 415 g/mol. The number of thioether (sulfide) groups is 1. The molecule has 6 nitrogen and oxygen atoms in total. The van der Waals surface area contributed by atoms with Crippen LogP contribution in [0.2, 0.25) is 0 Å². The van der Waals surface area contributed by atoms with Crippen LogP contribution in [-0.2, 0) is 0 Å². The molecule has 1 amide bonds. The number of anilines is 2. The van der Waals surface area contributed by atoms with Crippen molar-refractivity contribution in [3.8, 4) is 11.3 Å². The Morgan fingerprint density at radius 1 is 1.07 bits per heavy atom. The number of amides is 1. The minimum atomic E-state index is 0.0897. The molecule has 0 spiro atoms. The third kappa shape index (κ3) is 3.64. The second-order valence-electron chi connectivity index (χ2n) is 7.26. The van der Waals surface area contributed by atoms with Crippen molar-refractivity contribution in [1.29, 1.82) is 0 Å². The molecule has 0 saturated carbocycles. The van der Waals surface area contributed by atoms with Gasteiger partial charge in [0.2, 0.25) is 0 Å². The molecule has 0 aliphatic carbocycles. The summed E-state index contributed by atoms with van der Waals surface area (Å²) in [6, 6.07) is 21.7. The topological polar surface area (TPSA) is 62.5 Å². The van der Waals surface area contributed by atoms with E-state index in [0.29, 0.717) is 5.56 Å². The first-order valence-electron chi connectivity index (χ1n) is 9.84. The van der Waals surface area contributed by atoms with Crippen LogP contribution in [0.4, 0.5) is 11.5 Å². The average Bonchev–Trinajstić information content (AvgIpc) is 3.44. The van der Waals surface area contributed by atoms with Gasteiger partial charge < -0.3 is 10.2 Å². The van der Waals surface area contributed by atoms with Gasteiger partial charge in [0.1, 0.15) is 5.82 Å². The SMILES string of the molecule is Cc1cc2nc(-c3ccccc3)cc(Nc3ccc(C(=O)N4CCSC4)cc3)n2n1. The highest BCUT2D eigenvalue weighted by atomic mass is 32.2. The lowest BCUT2D eigenvalue weighted by Gasteiger charge is -2.15. The minimum absolute atomic E-state index is 0.0897. The van der Waals surface area contributed by atoms with Crippen molar-refractivity contribution in [2.24, 2.45) is 0 Å². The van der Waals surface area contributed by atoms with E-state index in [0.717, 1.165) is 52.3 Å². The predicted octanol–water partition coefficient (Wildman–Crippen LogP) is 4.59. The molecule has 0 unspecified atom stereocenters. The van der Waals surface area contributed by atoms with Gasteiger partial charge in [-0.25, -0.2) is 4.98 Å². The molecule has 1 fully saturated rings. The largest absolute Gasteiger partial charge is 0.340 e. The Bertz CT molecular complexity index is 1200. The summed E-state index contributed by atoms with van der Waals surface area (Å²) in [5.74, 6) is 2.69. The van der Waals surface area contributed by atoms with E-state index in [1.807, 2.05) is 83.1 Å². The van der Waals surface area contributed by atoms with E-state index in [1.54, 1.807) is 11.8 Å². The van der Waals surface area contributed by atoms with Crippen LogP contribution >= 0.6 is 11.8 Å². The smallest absolute Gasteiger partial charge is 0.254 e. The van der Waals surface area contributed by atoms with Crippen molar-refractivity contribution in [2.45, 2.75) is 6.92 Å². The summed E-state index contributed by atoms with van der Waals surface area (Å²) in [6.07, 6.45) is 0. The first-order valence-corrected chi connectivity index (χ1v) is 11.0. The second-order valence-corrected chi connectivity index (χ2v) is 8.33. The van der Waals surface area contributed by atoms with E-state index < -0.39 is 0 Å². The van der Waals surface area contributed by atoms with Crippen LogP contribution in [0, 0.1) is 6.92 Å². The summed E-state index contributed by atoms with van der Waals surface area (Å²) in [5.41, 5.74) is 5.22. The number of aryl methyl sites for hydroxylation is 1. The molecule has 0 atom stereocenters. The first kappa shape index (κ1) is 18.7. The number of benzene rings is 2. The maximum atomic E-state index is 12.6. The Kier molecular flexibility index (Phi) is 4.88. The zero-order chi connectivity index (χ0) is 20.5. The van der Waals surface area contributed by atoms with Crippen LogP contribution < -0.4 is 5.32 Å². The summed E-state index contributed by atoms with van der Waals surface area (Å²) in [4.78, 5) is 19.2. The zero-order valence-electron chi connectivity index (χ0n) is 16.6. The van der Waals surface area contributed by atoms with Gasteiger partial charge in [-0.15, -0.1) is 11.8 Å².